The van der Waals surface area contributed by atoms with E-state index in [4.69, 9.17) is 9.47 Å². The molecule has 0 radical (unpaired) electrons. The number of ether oxygens (including phenoxy) is 2. The van der Waals surface area contributed by atoms with Crippen molar-refractivity contribution in [2.45, 2.75) is 18.5 Å². The Morgan fingerprint density at radius 3 is 2.32 bits per heavy atom. The van der Waals surface area contributed by atoms with Crippen LogP contribution in [0.3, 0.4) is 0 Å². The zero-order chi connectivity index (χ0) is 18.2. The highest BCUT2D eigenvalue weighted by Gasteiger charge is 2.37. The maximum atomic E-state index is 13.4. The number of fused-ring (bicyclic) bond motifs is 1. The van der Waals surface area contributed by atoms with Crippen LogP contribution < -0.4 is 14.8 Å². The molecule has 1 aliphatic heterocycles. The first-order valence-corrected chi connectivity index (χ1v) is 7.57. The third-order valence-corrected chi connectivity index (χ3v) is 4.24. The van der Waals surface area contributed by atoms with Gasteiger partial charge in [0.15, 0.2) is 11.5 Å². The summed E-state index contributed by atoms with van der Waals surface area (Å²) in [5, 5.41) is 2.69. The zero-order valence-corrected chi connectivity index (χ0v) is 13.6. The highest BCUT2D eigenvalue weighted by Crippen LogP contribution is 2.45. The van der Waals surface area contributed by atoms with Crippen LogP contribution in [0.2, 0.25) is 0 Å². The van der Waals surface area contributed by atoms with Crippen molar-refractivity contribution in [3.05, 3.63) is 53.1 Å². The fraction of sp³-hybridized carbons (Fsp3) is 0.278. The summed E-state index contributed by atoms with van der Waals surface area (Å²) in [4.78, 5) is 12.1. The molecule has 0 fully saturated rings. The second-order valence-electron chi connectivity index (χ2n) is 5.68. The van der Waals surface area contributed by atoms with Gasteiger partial charge in [0.25, 0.3) is 0 Å². The summed E-state index contributed by atoms with van der Waals surface area (Å²) in [6.07, 6.45) is -4.57. The SMILES string of the molecule is COc1cc2c(cc1OC)[C@H](c1ccccc1C(F)(F)F)CC(=O)N2. The average molecular weight is 351 g/mol. The minimum atomic E-state index is -4.50. The van der Waals surface area contributed by atoms with Crippen LogP contribution >= 0.6 is 0 Å². The van der Waals surface area contributed by atoms with Crippen LogP contribution in [0.15, 0.2) is 36.4 Å². The molecule has 0 bridgehead atoms. The number of hydrogen-bond acceptors (Lipinski definition) is 3. The van der Waals surface area contributed by atoms with E-state index in [9.17, 15) is 18.0 Å². The number of carbonyl (C=O) groups excluding carboxylic acids is 1. The lowest BCUT2D eigenvalue weighted by atomic mass is 9.82. The molecule has 1 atom stereocenters. The lowest BCUT2D eigenvalue weighted by molar-refractivity contribution is -0.138. The van der Waals surface area contributed by atoms with Crippen molar-refractivity contribution < 1.29 is 27.4 Å². The highest BCUT2D eigenvalue weighted by molar-refractivity contribution is 5.96. The van der Waals surface area contributed by atoms with E-state index in [1.165, 1.54) is 32.4 Å². The number of methoxy groups -OCH3 is 2. The van der Waals surface area contributed by atoms with Crippen LogP contribution in [0.5, 0.6) is 11.5 Å². The van der Waals surface area contributed by atoms with Gasteiger partial charge in [0.1, 0.15) is 0 Å². The molecule has 0 aromatic heterocycles. The first kappa shape index (κ1) is 17.1. The molecule has 3 rings (SSSR count). The zero-order valence-electron chi connectivity index (χ0n) is 13.6. The lowest BCUT2D eigenvalue weighted by Crippen LogP contribution is -2.25. The van der Waals surface area contributed by atoms with E-state index in [1.807, 2.05) is 0 Å². The van der Waals surface area contributed by atoms with Gasteiger partial charge in [0.05, 0.1) is 19.8 Å². The molecule has 4 nitrogen and oxygen atoms in total. The summed E-state index contributed by atoms with van der Waals surface area (Å²) < 4.78 is 50.6. The molecule has 0 saturated carbocycles. The third-order valence-electron chi connectivity index (χ3n) is 4.24. The maximum absolute atomic E-state index is 13.4. The number of amides is 1. The van der Waals surface area contributed by atoms with Crippen molar-refractivity contribution in [2.75, 3.05) is 19.5 Å². The Morgan fingerprint density at radius 1 is 1.04 bits per heavy atom. The minimum Gasteiger partial charge on any atom is -0.493 e. The van der Waals surface area contributed by atoms with Gasteiger partial charge in [-0.15, -0.1) is 0 Å². The monoisotopic (exact) mass is 351 g/mol. The molecule has 1 heterocycles. The Labute approximate surface area is 142 Å². The summed E-state index contributed by atoms with van der Waals surface area (Å²) in [5.74, 6) is -0.277. The fourth-order valence-electron chi connectivity index (χ4n) is 3.12. The topological polar surface area (TPSA) is 47.6 Å². The number of anilines is 1. The first-order valence-electron chi connectivity index (χ1n) is 7.57. The molecule has 2 aromatic rings. The van der Waals surface area contributed by atoms with Crippen LogP contribution in [0.4, 0.5) is 18.9 Å². The number of rotatable bonds is 3. The van der Waals surface area contributed by atoms with Crippen molar-refractivity contribution in [1.29, 1.82) is 0 Å². The Balaban J connectivity index is 2.19. The van der Waals surface area contributed by atoms with Crippen molar-refractivity contribution in [3.63, 3.8) is 0 Å². The van der Waals surface area contributed by atoms with Gasteiger partial charge in [-0.2, -0.15) is 13.2 Å². The molecule has 25 heavy (non-hydrogen) atoms. The summed E-state index contributed by atoms with van der Waals surface area (Å²) >= 11 is 0. The van der Waals surface area contributed by atoms with Crippen molar-refractivity contribution in [3.8, 4) is 11.5 Å². The fourth-order valence-corrected chi connectivity index (χ4v) is 3.12. The third kappa shape index (κ3) is 3.14. The summed E-state index contributed by atoms with van der Waals surface area (Å²) in [6, 6.07) is 8.50. The molecule has 1 N–H and O–H groups in total. The van der Waals surface area contributed by atoms with Gasteiger partial charge < -0.3 is 14.8 Å². The van der Waals surface area contributed by atoms with Crippen molar-refractivity contribution in [2.24, 2.45) is 0 Å². The average Bonchev–Trinajstić information content (AvgIpc) is 2.59. The Kier molecular flexibility index (Phi) is 4.32. The predicted molar refractivity (Wildman–Crippen MR) is 86.1 cm³/mol. The van der Waals surface area contributed by atoms with E-state index in [-0.39, 0.29) is 17.9 Å². The molecule has 0 saturated heterocycles. The number of benzene rings is 2. The van der Waals surface area contributed by atoms with Gasteiger partial charge in [-0.25, -0.2) is 0 Å². The molecule has 132 valence electrons. The van der Waals surface area contributed by atoms with Crippen LogP contribution in [0.25, 0.3) is 0 Å². The van der Waals surface area contributed by atoms with E-state index < -0.39 is 17.7 Å². The molecule has 1 amide bonds. The van der Waals surface area contributed by atoms with Gasteiger partial charge in [-0.05, 0) is 23.3 Å². The molecule has 0 spiro atoms. The van der Waals surface area contributed by atoms with Gasteiger partial charge in [0, 0.05) is 24.1 Å². The van der Waals surface area contributed by atoms with E-state index in [0.29, 0.717) is 22.7 Å². The number of hydrogen-bond donors (Lipinski definition) is 1. The minimum absolute atomic E-state index is 0.0679. The number of nitrogens with one attached hydrogen (secondary N) is 1. The van der Waals surface area contributed by atoms with Gasteiger partial charge in [-0.1, -0.05) is 18.2 Å². The summed E-state index contributed by atoms with van der Waals surface area (Å²) in [6.45, 7) is 0. The molecule has 0 unspecified atom stereocenters. The number of halogens is 3. The molecular weight excluding hydrogens is 335 g/mol. The van der Waals surface area contributed by atoms with Crippen LogP contribution in [0, 0.1) is 0 Å². The summed E-state index contributed by atoms with van der Waals surface area (Å²) in [7, 11) is 2.90. The van der Waals surface area contributed by atoms with Crippen LogP contribution in [0.1, 0.15) is 29.0 Å². The highest BCUT2D eigenvalue weighted by atomic mass is 19.4. The van der Waals surface area contributed by atoms with Crippen molar-refractivity contribution in [1.82, 2.24) is 0 Å². The Hall–Kier alpha value is -2.70. The smallest absolute Gasteiger partial charge is 0.416 e. The Morgan fingerprint density at radius 2 is 1.68 bits per heavy atom. The molecular formula is C18H16F3NO3. The number of alkyl halides is 3. The largest absolute Gasteiger partial charge is 0.493 e. The normalized spacial score (nSPS) is 16.8. The van der Waals surface area contributed by atoms with Crippen LogP contribution in [-0.4, -0.2) is 20.1 Å². The van der Waals surface area contributed by atoms with Crippen LogP contribution in [-0.2, 0) is 11.0 Å². The second-order valence-corrected chi connectivity index (χ2v) is 5.68. The lowest BCUT2D eigenvalue weighted by Gasteiger charge is -2.29. The van der Waals surface area contributed by atoms with Gasteiger partial charge in [-0.3, -0.25) is 4.79 Å². The standard InChI is InChI=1S/C18H16F3NO3/c1-24-15-7-12-11(8-17(23)22-14(12)9-16(15)25-2)10-5-3-4-6-13(10)18(19,20)21/h3-7,9,11H,8H2,1-2H3,(H,22,23)/t11-/m0/s1. The van der Waals surface area contributed by atoms with E-state index in [1.54, 1.807) is 12.1 Å². The van der Waals surface area contributed by atoms with Gasteiger partial charge in [0.2, 0.25) is 5.91 Å². The van der Waals surface area contributed by atoms with E-state index >= 15 is 0 Å². The Bertz CT molecular complexity index is 818. The predicted octanol–water partition coefficient (Wildman–Crippen LogP) is 4.20. The molecule has 2 aromatic carbocycles. The maximum Gasteiger partial charge on any atom is 0.416 e. The number of carbonyl (C=O) groups is 1. The van der Waals surface area contributed by atoms with E-state index in [0.717, 1.165) is 6.07 Å². The van der Waals surface area contributed by atoms with Crippen molar-refractivity contribution >= 4 is 11.6 Å². The van der Waals surface area contributed by atoms with Gasteiger partial charge >= 0.3 is 6.18 Å². The second kappa shape index (κ2) is 6.31. The quantitative estimate of drug-likeness (QED) is 0.902. The summed E-state index contributed by atoms with van der Waals surface area (Å²) in [5.41, 5.74) is 0.318. The molecule has 7 heteroatoms. The first-order chi connectivity index (χ1) is 11.8. The van der Waals surface area contributed by atoms with E-state index in [2.05, 4.69) is 5.32 Å². The molecule has 1 aliphatic rings. The molecule has 0 aliphatic carbocycles.